The molecule has 0 radical (unpaired) electrons. The third-order valence-electron chi connectivity index (χ3n) is 4.36. The molecule has 0 bridgehead atoms. The van der Waals surface area contributed by atoms with E-state index in [0.29, 0.717) is 27.5 Å². The third-order valence-corrected chi connectivity index (χ3v) is 4.64. The van der Waals surface area contributed by atoms with Gasteiger partial charge in [0, 0.05) is 0 Å². The normalized spacial score (nSPS) is 24.0. The van der Waals surface area contributed by atoms with Gasteiger partial charge in [0.1, 0.15) is 42.0 Å². The SMILES string of the molecule is Clc1ncnc2nc[nH]c12.Nc1ncnc2c1ncn2[C@@H]1O[C@H](CO)[C@@H](O)[C@H]1O. The fraction of sp³-hybridized carbons (Fsp3) is 0.333. The van der Waals surface area contributed by atoms with Crippen LogP contribution in [-0.4, -0.2) is 79.7 Å². The predicted molar refractivity (Wildman–Crippen MR) is 99.4 cm³/mol. The largest absolute Gasteiger partial charge is 0.394 e. The van der Waals surface area contributed by atoms with Crippen LogP contribution in [0, 0.1) is 0 Å². The molecule has 0 unspecified atom stereocenters. The quantitative estimate of drug-likeness (QED) is 0.250. The van der Waals surface area contributed by atoms with Crippen LogP contribution in [0.25, 0.3) is 22.3 Å². The van der Waals surface area contributed by atoms with Gasteiger partial charge in [-0.15, -0.1) is 0 Å². The number of imidazole rings is 2. The lowest BCUT2D eigenvalue weighted by molar-refractivity contribution is -0.0511. The molecule has 0 aromatic carbocycles. The number of fused-ring (bicyclic) bond motifs is 2. The first-order chi connectivity index (χ1) is 14.0. The van der Waals surface area contributed by atoms with E-state index in [1.165, 1.54) is 29.9 Å². The molecule has 13 nitrogen and oxygen atoms in total. The summed E-state index contributed by atoms with van der Waals surface area (Å²) in [5, 5.41) is 29.1. The molecule has 29 heavy (non-hydrogen) atoms. The van der Waals surface area contributed by atoms with Crippen molar-refractivity contribution in [3.05, 3.63) is 30.5 Å². The third kappa shape index (κ3) is 3.45. The lowest BCUT2D eigenvalue weighted by atomic mass is 10.1. The van der Waals surface area contributed by atoms with E-state index >= 15 is 0 Å². The Balaban J connectivity index is 0.000000171. The van der Waals surface area contributed by atoms with Crippen LogP contribution in [0.2, 0.25) is 5.15 Å². The van der Waals surface area contributed by atoms with Gasteiger partial charge in [0.25, 0.3) is 0 Å². The first kappa shape index (κ1) is 19.4. The van der Waals surface area contributed by atoms with Crippen molar-refractivity contribution in [3.8, 4) is 0 Å². The van der Waals surface area contributed by atoms with Crippen molar-refractivity contribution >= 4 is 39.7 Å². The number of aromatic nitrogens is 8. The summed E-state index contributed by atoms with van der Waals surface area (Å²) in [6.07, 6.45) is 1.49. The highest BCUT2D eigenvalue weighted by molar-refractivity contribution is 6.33. The van der Waals surface area contributed by atoms with Gasteiger partial charge in [0.15, 0.2) is 28.5 Å². The maximum Gasteiger partial charge on any atom is 0.182 e. The number of nitrogens with zero attached hydrogens (tertiary/aromatic N) is 7. The molecule has 4 aromatic rings. The van der Waals surface area contributed by atoms with Gasteiger partial charge in [0.2, 0.25) is 0 Å². The summed E-state index contributed by atoms with van der Waals surface area (Å²) in [4.78, 5) is 26.2. The maximum absolute atomic E-state index is 9.95. The van der Waals surface area contributed by atoms with Gasteiger partial charge in [-0.3, -0.25) is 4.57 Å². The van der Waals surface area contributed by atoms with E-state index in [1.807, 2.05) is 0 Å². The van der Waals surface area contributed by atoms with Crippen LogP contribution in [0.1, 0.15) is 6.23 Å². The number of nitrogens with one attached hydrogen (secondary N) is 1. The molecule has 5 heterocycles. The van der Waals surface area contributed by atoms with Crippen molar-refractivity contribution in [2.75, 3.05) is 12.3 Å². The van der Waals surface area contributed by atoms with Gasteiger partial charge in [0.05, 0.1) is 19.3 Å². The van der Waals surface area contributed by atoms with E-state index in [4.69, 9.17) is 27.2 Å². The average molecular weight is 422 g/mol. The number of aliphatic hydroxyl groups excluding tert-OH is 3. The summed E-state index contributed by atoms with van der Waals surface area (Å²) < 4.78 is 6.85. The van der Waals surface area contributed by atoms with Crippen LogP contribution in [0.15, 0.2) is 25.3 Å². The van der Waals surface area contributed by atoms with E-state index in [2.05, 4.69) is 34.9 Å². The summed E-state index contributed by atoms with van der Waals surface area (Å²) in [7, 11) is 0. The Morgan fingerprint density at radius 1 is 1.10 bits per heavy atom. The summed E-state index contributed by atoms with van der Waals surface area (Å²) in [6, 6.07) is 0. The molecule has 1 saturated heterocycles. The fourth-order valence-corrected chi connectivity index (χ4v) is 3.08. The molecule has 0 amide bonds. The molecular formula is C15H16ClN9O4. The number of aliphatic hydroxyl groups is 3. The standard InChI is InChI=1S/C10H13N5O4.C5H3ClN4/c11-8-5-9(13-2-12-8)15(3-14-5)10-7(18)6(17)4(1-16)19-10;6-4-3-5(9-1-7-3)10-2-8-4/h2-4,6-7,10,16-18H,1H2,(H2,11,12,13);1-2H,(H,7,8,9,10)/t4-,6-,7-,10-;/m1./s1. The minimum absolute atomic E-state index is 0.218. The molecule has 152 valence electrons. The number of ether oxygens (including phenoxy) is 1. The lowest BCUT2D eigenvalue weighted by Gasteiger charge is -2.16. The predicted octanol–water partition coefficient (Wildman–Crippen LogP) is -0.974. The number of H-pyrrole nitrogens is 1. The molecule has 14 heteroatoms. The monoisotopic (exact) mass is 421 g/mol. The number of hydrogen-bond acceptors (Lipinski definition) is 11. The zero-order valence-corrected chi connectivity index (χ0v) is 15.4. The molecule has 0 spiro atoms. The molecule has 1 aliphatic heterocycles. The number of aromatic amines is 1. The molecule has 5 rings (SSSR count). The molecule has 0 saturated carbocycles. The van der Waals surface area contributed by atoms with Crippen LogP contribution in [0.3, 0.4) is 0 Å². The van der Waals surface area contributed by atoms with E-state index < -0.39 is 31.1 Å². The second-order valence-electron chi connectivity index (χ2n) is 6.08. The number of halogens is 1. The summed E-state index contributed by atoms with van der Waals surface area (Å²) >= 11 is 5.68. The second kappa shape index (κ2) is 7.81. The molecule has 1 aliphatic rings. The zero-order valence-electron chi connectivity index (χ0n) is 14.7. The number of nitrogen functional groups attached to an aromatic ring is 1. The maximum atomic E-state index is 9.95. The number of hydrogen-bond donors (Lipinski definition) is 5. The average Bonchev–Trinajstić information content (AvgIpc) is 3.42. The molecular weight excluding hydrogens is 406 g/mol. The molecule has 6 N–H and O–H groups in total. The Labute approximate surface area is 167 Å². The van der Waals surface area contributed by atoms with Gasteiger partial charge in [-0.25, -0.2) is 29.9 Å². The first-order valence-corrected chi connectivity index (χ1v) is 8.74. The number of rotatable bonds is 2. The van der Waals surface area contributed by atoms with Crippen molar-refractivity contribution in [2.45, 2.75) is 24.5 Å². The Kier molecular flexibility index (Phi) is 5.21. The first-order valence-electron chi connectivity index (χ1n) is 8.36. The minimum atomic E-state index is -1.19. The molecule has 1 fully saturated rings. The highest BCUT2D eigenvalue weighted by atomic mass is 35.5. The van der Waals surface area contributed by atoms with Gasteiger partial charge >= 0.3 is 0 Å². The van der Waals surface area contributed by atoms with Crippen molar-refractivity contribution in [2.24, 2.45) is 0 Å². The van der Waals surface area contributed by atoms with Gasteiger partial charge < -0.3 is 30.8 Å². The fourth-order valence-electron chi connectivity index (χ4n) is 2.90. The molecule has 0 aliphatic carbocycles. The van der Waals surface area contributed by atoms with Crippen molar-refractivity contribution in [3.63, 3.8) is 0 Å². The Bertz CT molecular complexity index is 1140. The van der Waals surface area contributed by atoms with E-state index in [-0.39, 0.29) is 5.82 Å². The van der Waals surface area contributed by atoms with Gasteiger partial charge in [-0.2, -0.15) is 0 Å². The van der Waals surface area contributed by atoms with Crippen LogP contribution in [0.5, 0.6) is 0 Å². The zero-order chi connectivity index (χ0) is 20.5. The highest BCUT2D eigenvalue weighted by Crippen LogP contribution is 2.31. The van der Waals surface area contributed by atoms with E-state index in [9.17, 15) is 10.2 Å². The highest BCUT2D eigenvalue weighted by Gasteiger charge is 2.43. The molecule has 4 atom stereocenters. The molecule has 4 aromatic heterocycles. The summed E-state index contributed by atoms with van der Waals surface area (Å²) in [5.41, 5.74) is 7.73. The Morgan fingerprint density at radius 3 is 2.62 bits per heavy atom. The van der Waals surface area contributed by atoms with E-state index in [1.54, 1.807) is 0 Å². The number of anilines is 1. The van der Waals surface area contributed by atoms with Crippen LogP contribution in [-0.2, 0) is 4.74 Å². The van der Waals surface area contributed by atoms with Gasteiger partial charge in [-0.05, 0) is 0 Å². The minimum Gasteiger partial charge on any atom is -0.394 e. The van der Waals surface area contributed by atoms with E-state index in [0.717, 1.165) is 0 Å². The Hall–Kier alpha value is -2.97. The van der Waals surface area contributed by atoms with Crippen molar-refractivity contribution in [1.82, 2.24) is 39.5 Å². The smallest absolute Gasteiger partial charge is 0.182 e. The van der Waals surface area contributed by atoms with Gasteiger partial charge in [-0.1, -0.05) is 11.6 Å². The van der Waals surface area contributed by atoms with Crippen LogP contribution in [0.4, 0.5) is 5.82 Å². The number of nitrogens with two attached hydrogens (primary N) is 1. The van der Waals surface area contributed by atoms with Crippen LogP contribution >= 0.6 is 11.6 Å². The lowest BCUT2D eigenvalue weighted by Crippen LogP contribution is -2.33. The van der Waals surface area contributed by atoms with Crippen molar-refractivity contribution < 1.29 is 20.1 Å². The second-order valence-corrected chi connectivity index (χ2v) is 6.44. The topological polar surface area (TPSA) is 194 Å². The summed E-state index contributed by atoms with van der Waals surface area (Å²) in [5.74, 6) is 0.218. The van der Waals surface area contributed by atoms with Crippen LogP contribution < -0.4 is 5.73 Å². The summed E-state index contributed by atoms with van der Waals surface area (Å²) in [6.45, 7) is -0.390. The Morgan fingerprint density at radius 2 is 1.90 bits per heavy atom. The van der Waals surface area contributed by atoms with Crippen molar-refractivity contribution in [1.29, 1.82) is 0 Å².